The van der Waals surface area contributed by atoms with Gasteiger partial charge in [-0.15, -0.1) is 0 Å². The molecule has 2 atom stereocenters. The van der Waals surface area contributed by atoms with Gasteiger partial charge in [0.05, 0.1) is 5.60 Å². The lowest BCUT2D eigenvalue weighted by atomic mass is 9.74. The van der Waals surface area contributed by atoms with Gasteiger partial charge in [0, 0.05) is 13.2 Å². The normalized spacial score (nSPS) is 36.2. The summed E-state index contributed by atoms with van der Waals surface area (Å²) in [5, 5.41) is 11.5. The van der Waals surface area contributed by atoms with Gasteiger partial charge in [-0.05, 0) is 73.8 Å². The number of ether oxygens (including phenoxy) is 1. The summed E-state index contributed by atoms with van der Waals surface area (Å²) in [6.07, 6.45) is 7.83. The minimum Gasteiger partial charge on any atom is -0.389 e. The van der Waals surface area contributed by atoms with Crippen molar-refractivity contribution in [1.82, 2.24) is 0 Å². The molecule has 2 unspecified atom stereocenters. The average molecular weight is 286 g/mol. The Hall–Kier alpha value is -0.860. The van der Waals surface area contributed by atoms with Crippen molar-refractivity contribution in [3.8, 4) is 0 Å². The Bertz CT molecular complexity index is 471. The summed E-state index contributed by atoms with van der Waals surface area (Å²) in [7, 11) is 0. The minimum absolute atomic E-state index is 0.430. The molecule has 21 heavy (non-hydrogen) atoms. The molecule has 1 aliphatic heterocycles. The molecular weight excluding hydrogens is 260 g/mol. The highest BCUT2D eigenvalue weighted by molar-refractivity contribution is 5.31. The van der Waals surface area contributed by atoms with Crippen LogP contribution >= 0.6 is 0 Å². The predicted molar refractivity (Wildman–Crippen MR) is 83.2 cm³/mol. The Balaban J connectivity index is 1.58. The molecule has 0 amide bonds. The van der Waals surface area contributed by atoms with Gasteiger partial charge in [0.25, 0.3) is 0 Å². The van der Waals surface area contributed by atoms with E-state index in [2.05, 4.69) is 24.3 Å². The third-order valence-corrected chi connectivity index (χ3v) is 6.29. The van der Waals surface area contributed by atoms with Crippen LogP contribution in [0, 0.1) is 17.8 Å². The first-order valence-electron chi connectivity index (χ1n) is 8.62. The first-order chi connectivity index (χ1) is 10.3. The lowest BCUT2D eigenvalue weighted by molar-refractivity contribution is -0.0659. The summed E-state index contributed by atoms with van der Waals surface area (Å²) in [5.41, 5.74) is 2.53. The van der Waals surface area contributed by atoms with Crippen molar-refractivity contribution in [3.05, 3.63) is 35.4 Å². The highest BCUT2D eigenvalue weighted by atomic mass is 16.5. The monoisotopic (exact) mass is 286 g/mol. The second kappa shape index (κ2) is 5.40. The Labute approximate surface area is 127 Å². The maximum absolute atomic E-state index is 11.5. The first-order valence-corrected chi connectivity index (χ1v) is 8.62. The highest BCUT2D eigenvalue weighted by Crippen LogP contribution is 2.50. The van der Waals surface area contributed by atoms with Gasteiger partial charge in [-0.1, -0.05) is 24.3 Å². The zero-order valence-electron chi connectivity index (χ0n) is 12.8. The van der Waals surface area contributed by atoms with Crippen molar-refractivity contribution in [2.45, 2.75) is 50.5 Å². The molecule has 2 aliphatic carbocycles. The van der Waals surface area contributed by atoms with Gasteiger partial charge < -0.3 is 9.84 Å². The van der Waals surface area contributed by atoms with E-state index in [1.54, 1.807) is 0 Å². The molecule has 1 aromatic carbocycles. The van der Waals surface area contributed by atoms with Crippen LogP contribution in [0.5, 0.6) is 0 Å². The molecule has 4 rings (SSSR count). The van der Waals surface area contributed by atoms with Crippen LogP contribution in [-0.2, 0) is 17.6 Å². The molecule has 0 spiro atoms. The van der Waals surface area contributed by atoms with E-state index in [0.717, 1.165) is 45.3 Å². The number of fused-ring (bicyclic) bond motifs is 3. The molecular formula is C19H26O2. The Morgan fingerprint density at radius 1 is 0.952 bits per heavy atom. The second-order valence-corrected chi connectivity index (χ2v) is 7.40. The molecule has 1 N–H and O–H groups in total. The maximum atomic E-state index is 11.5. The second-order valence-electron chi connectivity index (χ2n) is 7.40. The quantitative estimate of drug-likeness (QED) is 0.903. The smallest absolute Gasteiger partial charge is 0.0712 e. The molecule has 1 heterocycles. The standard InChI is InChI=1S/C19H26O2/c20-19(13-14-7-9-21-10-8-14)17-5-6-18(19)12-16-4-2-1-3-15(16)11-17/h1-4,14,17-18,20H,5-13H2. The fourth-order valence-corrected chi connectivity index (χ4v) is 5.03. The van der Waals surface area contributed by atoms with Crippen molar-refractivity contribution >= 4 is 0 Å². The van der Waals surface area contributed by atoms with Crippen LogP contribution in [0.4, 0.5) is 0 Å². The van der Waals surface area contributed by atoms with Crippen molar-refractivity contribution in [2.75, 3.05) is 13.2 Å². The third-order valence-electron chi connectivity index (χ3n) is 6.29. The molecule has 2 nitrogen and oxygen atoms in total. The number of benzene rings is 1. The fraction of sp³-hybridized carbons (Fsp3) is 0.684. The molecule has 0 aromatic heterocycles. The molecule has 3 aliphatic rings. The van der Waals surface area contributed by atoms with Crippen LogP contribution in [0.2, 0.25) is 0 Å². The van der Waals surface area contributed by atoms with E-state index in [-0.39, 0.29) is 0 Å². The topological polar surface area (TPSA) is 29.5 Å². The van der Waals surface area contributed by atoms with Crippen molar-refractivity contribution in [2.24, 2.45) is 17.8 Å². The van der Waals surface area contributed by atoms with Crippen molar-refractivity contribution in [3.63, 3.8) is 0 Å². The van der Waals surface area contributed by atoms with Gasteiger partial charge in [0.15, 0.2) is 0 Å². The van der Waals surface area contributed by atoms with Crippen LogP contribution in [0.15, 0.2) is 24.3 Å². The van der Waals surface area contributed by atoms with E-state index in [9.17, 15) is 5.11 Å². The van der Waals surface area contributed by atoms with Crippen LogP contribution < -0.4 is 0 Å². The Kier molecular flexibility index (Phi) is 3.55. The molecule has 1 saturated carbocycles. The van der Waals surface area contributed by atoms with E-state index >= 15 is 0 Å². The van der Waals surface area contributed by atoms with Crippen LogP contribution in [0.1, 0.15) is 43.2 Å². The lowest BCUT2D eigenvalue weighted by Crippen LogP contribution is -2.43. The molecule has 2 bridgehead atoms. The zero-order chi connectivity index (χ0) is 14.3. The molecule has 2 fully saturated rings. The Morgan fingerprint density at radius 3 is 2.10 bits per heavy atom. The van der Waals surface area contributed by atoms with Gasteiger partial charge in [-0.2, -0.15) is 0 Å². The van der Waals surface area contributed by atoms with Crippen molar-refractivity contribution in [1.29, 1.82) is 0 Å². The van der Waals surface area contributed by atoms with Gasteiger partial charge in [-0.3, -0.25) is 0 Å². The Morgan fingerprint density at radius 2 is 1.52 bits per heavy atom. The largest absolute Gasteiger partial charge is 0.389 e. The summed E-state index contributed by atoms with van der Waals surface area (Å²) in [6, 6.07) is 8.83. The average Bonchev–Trinajstić information content (AvgIpc) is 2.71. The summed E-state index contributed by atoms with van der Waals surface area (Å²) in [6.45, 7) is 1.77. The van der Waals surface area contributed by atoms with E-state index in [0.29, 0.717) is 17.8 Å². The molecule has 0 radical (unpaired) electrons. The summed E-state index contributed by atoms with van der Waals surface area (Å²) in [5.74, 6) is 1.59. The summed E-state index contributed by atoms with van der Waals surface area (Å²) >= 11 is 0. The zero-order valence-corrected chi connectivity index (χ0v) is 12.8. The van der Waals surface area contributed by atoms with E-state index < -0.39 is 5.60 Å². The number of hydrogen-bond donors (Lipinski definition) is 1. The van der Waals surface area contributed by atoms with E-state index in [1.165, 1.54) is 24.0 Å². The predicted octanol–water partition coefficient (Wildman–Crippen LogP) is 3.36. The van der Waals surface area contributed by atoms with E-state index in [4.69, 9.17) is 4.74 Å². The summed E-state index contributed by atoms with van der Waals surface area (Å²) < 4.78 is 5.48. The SMILES string of the molecule is OC1(CC2CCOCC2)C2CCC1Cc1ccccc1C2. The van der Waals surface area contributed by atoms with Gasteiger partial charge in [-0.25, -0.2) is 0 Å². The van der Waals surface area contributed by atoms with Crippen LogP contribution in [0.25, 0.3) is 0 Å². The molecule has 2 heteroatoms. The fourth-order valence-electron chi connectivity index (χ4n) is 5.03. The van der Waals surface area contributed by atoms with Gasteiger partial charge >= 0.3 is 0 Å². The number of hydrogen-bond acceptors (Lipinski definition) is 2. The molecule has 1 aromatic rings. The summed E-state index contributed by atoms with van der Waals surface area (Å²) in [4.78, 5) is 0. The first kappa shape index (κ1) is 13.8. The van der Waals surface area contributed by atoms with Crippen LogP contribution in [0.3, 0.4) is 0 Å². The van der Waals surface area contributed by atoms with Gasteiger partial charge in [0.2, 0.25) is 0 Å². The number of aliphatic hydroxyl groups is 1. The van der Waals surface area contributed by atoms with Crippen LogP contribution in [-0.4, -0.2) is 23.9 Å². The number of rotatable bonds is 2. The molecule has 1 saturated heterocycles. The van der Waals surface area contributed by atoms with E-state index in [1.807, 2.05) is 0 Å². The maximum Gasteiger partial charge on any atom is 0.0712 e. The van der Waals surface area contributed by atoms with Gasteiger partial charge in [0.1, 0.15) is 0 Å². The third kappa shape index (κ3) is 2.43. The minimum atomic E-state index is -0.430. The molecule has 114 valence electrons. The highest BCUT2D eigenvalue weighted by Gasteiger charge is 2.50. The van der Waals surface area contributed by atoms with Crippen molar-refractivity contribution < 1.29 is 9.84 Å². The lowest BCUT2D eigenvalue weighted by Gasteiger charge is -2.38.